The molecule has 4 aromatic rings. The molecule has 5 nitrogen and oxygen atoms in total. The average molecular weight is 432 g/mol. The third kappa shape index (κ3) is 4.02. The first-order valence-electron chi connectivity index (χ1n) is 10.0. The number of halogens is 1. The Hall–Kier alpha value is -3.28. The zero-order valence-corrected chi connectivity index (χ0v) is 18.1. The van der Waals surface area contributed by atoms with E-state index < -0.39 is 0 Å². The lowest BCUT2D eigenvalue weighted by molar-refractivity contribution is 0.0940. The van der Waals surface area contributed by atoms with Crippen molar-refractivity contribution < 1.29 is 9.90 Å². The summed E-state index contributed by atoms with van der Waals surface area (Å²) < 4.78 is 0. The summed E-state index contributed by atoms with van der Waals surface area (Å²) in [4.78, 5) is 21.4. The Balaban J connectivity index is 2.05. The van der Waals surface area contributed by atoms with E-state index in [1.54, 1.807) is 18.5 Å². The number of nitrogens with zero attached hydrogens (tertiary/aromatic N) is 2. The van der Waals surface area contributed by atoms with Crippen molar-refractivity contribution in [2.75, 3.05) is 13.2 Å². The minimum atomic E-state index is -0.335. The Morgan fingerprint density at radius 1 is 1.06 bits per heavy atom. The van der Waals surface area contributed by atoms with Crippen molar-refractivity contribution in [3.63, 3.8) is 0 Å². The van der Waals surface area contributed by atoms with Gasteiger partial charge in [0.05, 0.1) is 12.1 Å². The summed E-state index contributed by atoms with van der Waals surface area (Å²) in [6.07, 6.45) is 3.56. The molecule has 4 rings (SSSR count). The third-order valence-corrected chi connectivity index (χ3v) is 5.64. The van der Waals surface area contributed by atoms with Crippen molar-refractivity contribution in [3.8, 4) is 22.3 Å². The van der Waals surface area contributed by atoms with Crippen LogP contribution in [0.15, 0.2) is 60.9 Å². The summed E-state index contributed by atoms with van der Waals surface area (Å²) in [6.45, 7) is 4.14. The second-order valence-electron chi connectivity index (χ2n) is 7.34. The van der Waals surface area contributed by atoms with Gasteiger partial charge in [0.15, 0.2) is 0 Å². The maximum atomic E-state index is 12.6. The van der Waals surface area contributed by atoms with Crippen molar-refractivity contribution in [3.05, 3.63) is 82.8 Å². The van der Waals surface area contributed by atoms with Gasteiger partial charge >= 0.3 is 0 Å². The van der Waals surface area contributed by atoms with Gasteiger partial charge in [0.2, 0.25) is 0 Å². The van der Waals surface area contributed by atoms with E-state index in [4.69, 9.17) is 16.7 Å². The number of carbonyl (C=O) groups is 1. The van der Waals surface area contributed by atoms with Crippen LogP contribution in [0.1, 0.15) is 21.6 Å². The number of rotatable bonds is 5. The lowest BCUT2D eigenvalue weighted by Crippen LogP contribution is -2.27. The van der Waals surface area contributed by atoms with Gasteiger partial charge < -0.3 is 10.4 Å². The fourth-order valence-electron chi connectivity index (χ4n) is 3.99. The lowest BCUT2D eigenvalue weighted by Gasteiger charge is -2.18. The molecule has 0 unspecified atom stereocenters. The van der Waals surface area contributed by atoms with Crippen LogP contribution in [-0.2, 0) is 0 Å². The van der Waals surface area contributed by atoms with Gasteiger partial charge in [-0.1, -0.05) is 29.8 Å². The van der Waals surface area contributed by atoms with Crippen LogP contribution in [0.4, 0.5) is 0 Å². The van der Waals surface area contributed by atoms with Gasteiger partial charge in [-0.05, 0) is 72.0 Å². The minimum absolute atomic E-state index is 0.135. The predicted molar refractivity (Wildman–Crippen MR) is 124 cm³/mol. The molecule has 0 saturated carbocycles. The molecule has 0 bridgehead atoms. The summed E-state index contributed by atoms with van der Waals surface area (Å²) in [5.74, 6) is -0.335. The molecular formula is C25H22ClN3O2. The second-order valence-corrected chi connectivity index (χ2v) is 7.75. The van der Waals surface area contributed by atoms with E-state index >= 15 is 0 Å². The van der Waals surface area contributed by atoms with Gasteiger partial charge in [-0.15, -0.1) is 0 Å². The third-order valence-electron chi connectivity index (χ3n) is 5.31. The second kappa shape index (κ2) is 8.84. The molecular weight excluding hydrogens is 410 g/mol. The van der Waals surface area contributed by atoms with Gasteiger partial charge in [0.25, 0.3) is 5.91 Å². The molecule has 0 aliphatic rings. The number of hydrogen-bond acceptors (Lipinski definition) is 4. The summed E-state index contributed by atoms with van der Waals surface area (Å²) in [7, 11) is 0. The molecule has 2 aromatic heterocycles. The quantitative estimate of drug-likeness (QED) is 0.468. The summed E-state index contributed by atoms with van der Waals surface area (Å²) in [5, 5.41) is 13.3. The van der Waals surface area contributed by atoms with Crippen LogP contribution in [0.3, 0.4) is 0 Å². The molecule has 1 amide bonds. The number of benzene rings is 2. The number of fused-ring (bicyclic) bond motifs is 1. The monoisotopic (exact) mass is 431 g/mol. The average Bonchev–Trinajstić information content (AvgIpc) is 2.77. The highest BCUT2D eigenvalue weighted by atomic mass is 35.5. The van der Waals surface area contributed by atoms with Gasteiger partial charge in [0, 0.05) is 34.9 Å². The fraction of sp³-hybridized carbons (Fsp3) is 0.160. The number of pyridine rings is 2. The molecule has 31 heavy (non-hydrogen) atoms. The van der Waals surface area contributed by atoms with E-state index in [9.17, 15) is 4.79 Å². The minimum Gasteiger partial charge on any atom is -0.395 e. The van der Waals surface area contributed by atoms with E-state index in [1.165, 1.54) is 0 Å². The molecule has 0 aliphatic heterocycles. The van der Waals surface area contributed by atoms with Gasteiger partial charge in [-0.2, -0.15) is 0 Å². The van der Waals surface area contributed by atoms with Crippen molar-refractivity contribution >= 4 is 28.4 Å². The number of hydrogen-bond donors (Lipinski definition) is 2. The first kappa shape index (κ1) is 21.0. The van der Waals surface area contributed by atoms with E-state index in [2.05, 4.69) is 22.2 Å². The number of carbonyl (C=O) groups excluding carboxylic acids is 1. The molecule has 0 saturated heterocycles. The molecule has 0 atom stereocenters. The fourth-order valence-corrected chi connectivity index (χ4v) is 4.23. The topological polar surface area (TPSA) is 75.1 Å². The van der Waals surface area contributed by atoms with Crippen molar-refractivity contribution in [1.82, 2.24) is 15.3 Å². The number of aryl methyl sites for hydroxylation is 2. The summed E-state index contributed by atoms with van der Waals surface area (Å²) in [6, 6.07) is 15.3. The van der Waals surface area contributed by atoms with E-state index in [-0.39, 0.29) is 24.8 Å². The molecule has 0 fully saturated rings. The standard InChI is InChI=1S/C25H22ClN3O2/c1-15-13-21-24(16(2)23(15)17-7-9-27-10-8-17)19(18-5-3-4-6-20(18)26)14-22(29-21)25(31)28-11-12-30/h3-10,13-14,30H,11-12H2,1-2H3,(H,28,31). The number of aliphatic hydroxyl groups excluding tert-OH is 1. The predicted octanol–water partition coefficient (Wildman–Crippen LogP) is 4.96. The molecule has 0 spiro atoms. The largest absolute Gasteiger partial charge is 0.395 e. The number of amides is 1. The number of nitrogens with one attached hydrogen (secondary N) is 1. The maximum absolute atomic E-state index is 12.6. The van der Waals surface area contributed by atoms with Gasteiger partial charge in [-0.25, -0.2) is 4.98 Å². The zero-order chi connectivity index (χ0) is 22.0. The molecule has 2 aromatic carbocycles. The summed E-state index contributed by atoms with van der Waals surface area (Å²) >= 11 is 6.55. The van der Waals surface area contributed by atoms with Crippen LogP contribution < -0.4 is 5.32 Å². The van der Waals surface area contributed by atoms with Crippen molar-refractivity contribution in [1.29, 1.82) is 0 Å². The normalized spacial score (nSPS) is 11.0. The highest BCUT2D eigenvalue weighted by molar-refractivity contribution is 6.33. The highest BCUT2D eigenvalue weighted by Gasteiger charge is 2.19. The zero-order valence-electron chi connectivity index (χ0n) is 17.3. The van der Waals surface area contributed by atoms with E-state index in [0.717, 1.165) is 44.3 Å². The number of aromatic nitrogens is 2. The van der Waals surface area contributed by atoms with Crippen LogP contribution in [0, 0.1) is 13.8 Å². The molecule has 156 valence electrons. The SMILES string of the molecule is Cc1cc2nc(C(=O)NCCO)cc(-c3ccccc3Cl)c2c(C)c1-c1ccncc1. The van der Waals surface area contributed by atoms with Crippen LogP contribution in [0.25, 0.3) is 33.2 Å². The Kier molecular flexibility index (Phi) is 5.98. The maximum Gasteiger partial charge on any atom is 0.270 e. The van der Waals surface area contributed by atoms with Crippen LogP contribution >= 0.6 is 11.6 Å². The summed E-state index contributed by atoms with van der Waals surface area (Å²) in [5.41, 5.74) is 6.99. The van der Waals surface area contributed by atoms with Gasteiger partial charge in [-0.3, -0.25) is 9.78 Å². The highest BCUT2D eigenvalue weighted by Crippen LogP contribution is 2.39. The Morgan fingerprint density at radius 3 is 2.52 bits per heavy atom. The molecule has 6 heteroatoms. The van der Waals surface area contributed by atoms with E-state index in [0.29, 0.717) is 5.02 Å². The molecule has 2 heterocycles. The van der Waals surface area contributed by atoms with Crippen molar-refractivity contribution in [2.45, 2.75) is 13.8 Å². The first-order valence-corrected chi connectivity index (χ1v) is 10.4. The van der Waals surface area contributed by atoms with Crippen LogP contribution in [0.2, 0.25) is 5.02 Å². The number of aliphatic hydroxyl groups is 1. The molecule has 2 N–H and O–H groups in total. The smallest absolute Gasteiger partial charge is 0.270 e. The van der Waals surface area contributed by atoms with Crippen LogP contribution in [0.5, 0.6) is 0 Å². The Labute approximate surface area is 185 Å². The van der Waals surface area contributed by atoms with Gasteiger partial charge in [0.1, 0.15) is 5.69 Å². The van der Waals surface area contributed by atoms with Crippen LogP contribution in [-0.4, -0.2) is 34.1 Å². The molecule has 0 radical (unpaired) electrons. The Bertz CT molecular complexity index is 1270. The van der Waals surface area contributed by atoms with E-state index in [1.807, 2.05) is 49.4 Å². The lowest BCUT2D eigenvalue weighted by atomic mass is 9.89. The van der Waals surface area contributed by atoms with Crippen molar-refractivity contribution in [2.24, 2.45) is 0 Å². The molecule has 0 aliphatic carbocycles. The Morgan fingerprint density at radius 2 is 1.81 bits per heavy atom. The first-order chi connectivity index (χ1) is 15.0.